The summed E-state index contributed by atoms with van der Waals surface area (Å²) in [6.45, 7) is 1.81. The highest BCUT2D eigenvalue weighted by molar-refractivity contribution is 5.69. The topological polar surface area (TPSA) is 61.5 Å². The fourth-order valence-electron chi connectivity index (χ4n) is 1.05. The number of imidazole rings is 1. The van der Waals surface area contributed by atoms with Crippen LogP contribution >= 0.6 is 0 Å². The van der Waals surface area contributed by atoms with Crippen LogP contribution in [0.3, 0.4) is 0 Å². The van der Waals surface area contributed by atoms with E-state index in [9.17, 15) is 4.79 Å². The van der Waals surface area contributed by atoms with E-state index in [-0.39, 0.29) is 5.43 Å². The summed E-state index contributed by atoms with van der Waals surface area (Å²) in [5, 5.41) is 0. The predicted molar refractivity (Wildman–Crippen MR) is 41.5 cm³/mol. The molecule has 0 spiro atoms. The summed E-state index contributed by atoms with van der Waals surface area (Å²) >= 11 is 0. The standard InChI is InChI=1S/C7H7N3O/c1-4-9-6-5(11)2-3-8-7(6)10-4/h2-3H,1H3,(H2,8,9,10,11). The maximum atomic E-state index is 11.1. The molecule has 0 aromatic carbocycles. The normalized spacial score (nSPS) is 10.6. The number of fused-ring (bicyclic) bond motifs is 1. The summed E-state index contributed by atoms with van der Waals surface area (Å²) in [5.41, 5.74) is 1.14. The highest BCUT2D eigenvalue weighted by Crippen LogP contribution is 2.00. The Kier molecular flexibility index (Phi) is 1.09. The van der Waals surface area contributed by atoms with Crippen molar-refractivity contribution in [3.05, 3.63) is 28.3 Å². The van der Waals surface area contributed by atoms with E-state index in [1.165, 1.54) is 6.07 Å². The van der Waals surface area contributed by atoms with E-state index in [2.05, 4.69) is 15.0 Å². The zero-order chi connectivity index (χ0) is 7.84. The molecule has 0 unspecified atom stereocenters. The number of H-pyrrole nitrogens is 2. The average Bonchev–Trinajstić information content (AvgIpc) is 2.31. The van der Waals surface area contributed by atoms with Gasteiger partial charge in [-0.2, -0.15) is 0 Å². The lowest BCUT2D eigenvalue weighted by Gasteiger charge is -1.82. The summed E-state index contributed by atoms with van der Waals surface area (Å²) in [5.74, 6) is 0.750. The van der Waals surface area contributed by atoms with Crippen LogP contribution < -0.4 is 5.43 Å². The Morgan fingerprint density at radius 1 is 1.55 bits per heavy atom. The number of nitrogens with zero attached hydrogens (tertiary/aromatic N) is 1. The number of aromatic nitrogens is 3. The molecule has 0 atom stereocenters. The first kappa shape index (κ1) is 6.15. The fraction of sp³-hybridized carbons (Fsp3) is 0.143. The van der Waals surface area contributed by atoms with Gasteiger partial charge in [-0.15, -0.1) is 0 Å². The van der Waals surface area contributed by atoms with E-state index in [0.29, 0.717) is 11.2 Å². The molecule has 4 nitrogen and oxygen atoms in total. The smallest absolute Gasteiger partial charge is 0.207 e. The number of nitrogens with one attached hydrogen (secondary N) is 2. The highest BCUT2D eigenvalue weighted by Gasteiger charge is 2.00. The summed E-state index contributed by atoms with van der Waals surface area (Å²) < 4.78 is 0. The lowest BCUT2D eigenvalue weighted by molar-refractivity contribution is 1.16. The fourth-order valence-corrected chi connectivity index (χ4v) is 1.05. The molecule has 0 saturated heterocycles. The van der Waals surface area contributed by atoms with Crippen LogP contribution in [0.4, 0.5) is 0 Å². The Labute approximate surface area is 62.3 Å². The summed E-state index contributed by atoms with van der Waals surface area (Å²) in [4.78, 5) is 20.9. The molecule has 0 radical (unpaired) electrons. The predicted octanol–water partition coefficient (Wildman–Crippen LogP) is 0.560. The van der Waals surface area contributed by atoms with Gasteiger partial charge in [0.25, 0.3) is 0 Å². The minimum atomic E-state index is -0.0284. The number of pyridine rings is 1. The van der Waals surface area contributed by atoms with Crippen molar-refractivity contribution >= 4 is 11.2 Å². The molecule has 0 fully saturated rings. The molecule has 0 amide bonds. The van der Waals surface area contributed by atoms with Crippen molar-refractivity contribution in [2.75, 3.05) is 0 Å². The average molecular weight is 149 g/mol. The van der Waals surface area contributed by atoms with Gasteiger partial charge in [0.1, 0.15) is 11.3 Å². The zero-order valence-corrected chi connectivity index (χ0v) is 6.01. The first-order chi connectivity index (χ1) is 5.27. The van der Waals surface area contributed by atoms with Crippen molar-refractivity contribution in [3.8, 4) is 0 Å². The monoisotopic (exact) mass is 149 g/mol. The molecular weight excluding hydrogens is 142 g/mol. The van der Waals surface area contributed by atoms with Crippen LogP contribution in [0.5, 0.6) is 0 Å². The third-order valence-corrected chi connectivity index (χ3v) is 1.52. The van der Waals surface area contributed by atoms with Crippen molar-refractivity contribution in [2.45, 2.75) is 6.92 Å². The molecule has 0 aliphatic carbocycles. The molecule has 11 heavy (non-hydrogen) atoms. The van der Waals surface area contributed by atoms with Crippen LogP contribution in [0.25, 0.3) is 11.2 Å². The second kappa shape index (κ2) is 1.95. The van der Waals surface area contributed by atoms with Gasteiger partial charge >= 0.3 is 0 Å². The number of aryl methyl sites for hydroxylation is 1. The molecule has 2 N–H and O–H groups in total. The van der Waals surface area contributed by atoms with Gasteiger partial charge in [-0.05, 0) is 6.92 Å². The lowest BCUT2D eigenvalue weighted by atomic mass is 10.4. The largest absolute Gasteiger partial charge is 0.345 e. The van der Waals surface area contributed by atoms with Crippen molar-refractivity contribution in [3.63, 3.8) is 0 Å². The Morgan fingerprint density at radius 3 is 3.09 bits per heavy atom. The van der Waals surface area contributed by atoms with Crippen LogP contribution in [0.2, 0.25) is 0 Å². The van der Waals surface area contributed by atoms with Gasteiger partial charge in [0.15, 0.2) is 5.65 Å². The third-order valence-electron chi connectivity index (χ3n) is 1.52. The molecular formula is C7H7N3O. The number of aromatic amines is 2. The van der Waals surface area contributed by atoms with Gasteiger partial charge in [-0.3, -0.25) is 4.79 Å². The Balaban J connectivity index is 3.02. The first-order valence-electron chi connectivity index (χ1n) is 3.31. The van der Waals surface area contributed by atoms with Crippen molar-refractivity contribution < 1.29 is 0 Å². The molecule has 2 rings (SSSR count). The second-order valence-corrected chi connectivity index (χ2v) is 2.39. The molecule has 56 valence electrons. The highest BCUT2D eigenvalue weighted by atomic mass is 16.1. The van der Waals surface area contributed by atoms with E-state index in [1.54, 1.807) is 6.20 Å². The van der Waals surface area contributed by atoms with Crippen molar-refractivity contribution in [1.82, 2.24) is 15.0 Å². The molecule has 0 aliphatic rings. The maximum Gasteiger partial charge on any atom is 0.207 e. The lowest BCUT2D eigenvalue weighted by Crippen LogP contribution is -1.98. The van der Waals surface area contributed by atoms with Crippen LogP contribution in [0.15, 0.2) is 17.1 Å². The van der Waals surface area contributed by atoms with Crippen LogP contribution in [-0.2, 0) is 0 Å². The minimum Gasteiger partial charge on any atom is -0.345 e. The van der Waals surface area contributed by atoms with E-state index in [1.807, 2.05) is 6.92 Å². The number of rotatable bonds is 0. The Morgan fingerprint density at radius 2 is 2.36 bits per heavy atom. The minimum absolute atomic E-state index is 0.0284. The quantitative estimate of drug-likeness (QED) is 0.574. The van der Waals surface area contributed by atoms with Gasteiger partial charge in [-0.1, -0.05) is 0 Å². The van der Waals surface area contributed by atoms with E-state index >= 15 is 0 Å². The van der Waals surface area contributed by atoms with E-state index in [0.717, 1.165) is 5.82 Å². The van der Waals surface area contributed by atoms with Gasteiger partial charge in [-0.25, -0.2) is 4.98 Å². The first-order valence-corrected chi connectivity index (χ1v) is 3.31. The Hall–Kier alpha value is -1.58. The van der Waals surface area contributed by atoms with E-state index < -0.39 is 0 Å². The van der Waals surface area contributed by atoms with Crippen LogP contribution in [0.1, 0.15) is 5.82 Å². The second-order valence-electron chi connectivity index (χ2n) is 2.39. The van der Waals surface area contributed by atoms with Crippen molar-refractivity contribution in [1.29, 1.82) is 0 Å². The molecule has 2 aromatic heterocycles. The van der Waals surface area contributed by atoms with Gasteiger partial charge in [0.2, 0.25) is 5.43 Å². The number of hydrogen-bond acceptors (Lipinski definition) is 2. The zero-order valence-electron chi connectivity index (χ0n) is 6.01. The molecule has 0 saturated carbocycles. The summed E-state index contributed by atoms with van der Waals surface area (Å²) in [7, 11) is 0. The molecule has 2 aromatic rings. The summed E-state index contributed by atoms with van der Waals surface area (Å²) in [6, 6.07) is 1.47. The molecule has 4 heteroatoms. The number of hydrogen-bond donors (Lipinski definition) is 2. The van der Waals surface area contributed by atoms with Crippen molar-refractivity contribution in [2.24, 2.45) is 0 Å². The summed E-state index contributed by atoms with van der Waals surface area (Å²) in [6.07, 6.45) is 1.59. The molecule has 0 bridgehead atoms. The van der Waals surface area contributed by atoms with Gasteiger partial charge < -0.3 is 9.97 Å². The molecule has 2 heterocycles. The Bertz CT molecular complexity index is 440. The third kappa shape index (κ3) is 0.832. The maximum absolute atomic E-state index is 11.1. The SMILES string of the molecule is Cc1nc2[nH]ccc(=O)c2[nH]1. The van der Waals surface area contributed by atoms with Crippen LogP contribution in [-0.4, -0.2) is 15.0 Å². The molecule has 0 aliphatic heterocycles. The van der Waals surface area contributed by atoms with Crippen LogP contribution in [0, 0.1) is 6.92 Å². The van der Waals surface area contributed by atoms with Gasteiger partial charge in [0, 0.05) is 12.3 Å². The van der Waals surface area contributed by atoms with E-state index in [4.69, 9.17) is 0 Å². The van der Waals surface area contributed by atoms with Gasteiger partial charge in [0.05, 0.1) is 0 Å².